The Kier molecular flexibility index (Phi) is 5.03. The number of fused-ring (bicyclic) bond motifs is 2. The van der Waals surface area contributed by atoms with Crippen molar-refractivity contribution in [2.24, 2.45) is 11.8 Å². The molecule has 0 radical (unpaired) electrons. The number of hydrogen-bond donors (Lipinski definition) is 2. The molecule has 2 aliphatic heterocycles. The van der Waals surface area contributed by atoms with Crippen molar-refractivity contribution in [1.82, 2.24) is 25.5 Å². The van der Waals surface area contributed by atoms with E-state index in [1.165, 1.54) is 29.7 Å². The standard InChI is InChI=1S/C24H28ClN7/c1-15-2-3-19(25)11-21(15)31-4-6-32(7-5-31)24-22-20(29-30-23(22)27-14-28-24)10-16-8-17-12-26-13-18(17)9-16/h2-3,10-11,14,17-18,26H,4-9,12-13H2,1H3,(H,27,28,29,30)/t17-,18+. The lowest BCUT2D eigenvalue weighted by molar-refractivity contribution is 0.494. The molecule has 3 fully saturated rings. The number of allylic oxidation sites excluding steroid dienone is 1. The molecule has 6 rings (SSSR count). The van der Waals surface area contributed by atoms with Crippen LogP contribution >= 0.6 is 11.6 Å². The number of benzene rings is 1. The number of rotatable bonds is 3. The maximum atomic E-state index is 6.26. The van der Waals surface area contributed by atoms with E-state index in [2.05, 4.69) is 55.4 Å². The van der Waals surface area contributed by atoms with Crippen LogP contribution in [0.2, 0.25) is 5.02 Å². The van der Waals surface area contributed by atoms with Crippen molar-refractivity contribution in [3.05, 3.63) is 46.4 Å². The lowest BCUT2D eigenvalue weighted by atomic mass is 10.0. The van der Waals surface area contributed by atoms with Gasteiger partial charge in [-0.15, -0.1) is 0 Å². The summed E-state index contributed by atoms with van der Waals surface area (Å²) < 4.78 is 0. The summed E-state index contributed by atoms with van der Waals surface area (Å²) in [6.45, 7) is 8.09. The van der Waals surface area contributed by atoms with Crippen molar-refractivity contribution in [3.8, 4) is 0 Å². The van der Waals surface area contributed by atoms with Gasteiger partial charge in [0.2, 0.25) is 0 Å². The number of anilines is 2. The molecule has 3 aliphatic rings. The van der Waals surface area contributed by atoms with Crippen molar-refractivity contribution in [2.45, 2.75) is 19.8 Å². The molecule has 0 bridgehead atoms. The molecule has 32 heavy (non-hydrogen) atoms. The number of piperazine rings is 1. The van der Waals surface area contributed by atoms with Crippen LogP contribution in [0.15, 0.2) is 30.1 Å². The van der Waals surface area contributed by atoms with Crippen LogP contribution in [0.5, 0.6) is 0 Å². The number of nitrogens with zero attached hydrogens (tertiary/aromatic N) is 5. The summed E-state index contributed by atoms with van der Waals surface area (Å²) in [5.74, 6) is 2.55. The highest BCUT2D eigenvalue weighted by Crippen LogP contribution is 2.39. The Morgan fingerprint density at radius 2 is 1.78 bits per heavy atom. The summed E-state index contributed by atoms with van der Waals surface area (Å²) in [5.41, 5.74) is 5.78. The molecule has 1 saturated carbocycles. The summed E-state index contributed by atoms with van der Waals surface area (Å²) in [6.07, 6.45) is 6.28. The molecule has 4 heterocycles. The Balaban J connectivity index is 1.25. The average Bonchev–Trinajstić information content (AvgIpc) is 3.51. The molecule has 7 nitrogen and oxygen atoms in total. The first kappa shape index (κ1) is 20.0. The van der Waals surface area contributed by atoms with Crippen molar-refractivity contribution < 1.29 is 0 Å². The zero-order chi connectivity index (χ0) is 21.7. The third-order valence-corrected chi connectivity index (χ3v) is 7.56. The number of aromatic amines is 1. The maximum absolute atomic E-state index is 6.26. The van der Waals surface area contributed by atoms with Gasteiger partial charge >= 0.3 is 0 Å². The minimum Gasteiger partial charge on any atom is -0.368 e. The largest absolute Gasteiger partial charge is 0.368 e. The zero-order valence-corrected chi connectivity index (χ0v) is 19.1. The Hall–Kier alpha value is -2.64. The van der Waals surface area contributed by atoms with Crippen molar-refractivity contribution in [1.29, 1.82) is 0 Å². The first-order valence-corrected chi connectivity index (χ1v) is 11.9. The van der Waals surface area contributed by atoms with E-state index in [1.54, 1.807) is 6.33 Å². The first-order chi connectivity index (χ1) is 15.7. The maximum Gasteiger partial charge on any atom is 0.161 e. The van der Waals surface area contributed by atoms with Gasteiger partial charge in [-0.3, -0.25) is 5.10 Å². The number of aryl methyl sites for hydroxylation is 1. The molecule has 2 atom stereocenters. The highest BCUT2D eigenvalue weighted by Gasteiger charge is 2.34. The van der Waals surface area contributed by atoms with Crippen molar-refractivity contribution in [3.63, 3.8) is 0 Å². The van der Waals surface area contributed by atoms with Crippen LogP contribution in [-0.2, 0) is 0 Å². The average molecular weight is 450 g/mol. The monoisotopic (exact) mass is 449 g/mol. The summed E-state index contributed by atoms with van der Waals surface area (Å²) >= 11 is 6.26. The number of aromatic nitrogens is 4. The predicted octanol–water partition coefficient (Wildman–Crippen LogP) is 3.65. The predicted molar refractivity (Wildman–Crippen MR) is 129 cm³/mol. The molecule has 2 saturated heterocycles. The van der Waals surface area contributed by atoms with E-state index in [9.17, 15) is 0 Å². The summed E-state index contributed by atoms with van der Waals surface area (Å²) in [7, 11) is 0. The molecule has 0 unspecified atom stereocenters. The van der Waals surface area contributed by atoms with E-state index in [-0.39, 0.29) is 0 Å². The highest BCUT2D eigenvalue weighted by atomic mass is 35.5. The van der Waals surface area contributed by atoms with Crippen molar-refractivity contribution in [2.75, 3.05) is 49.1 Å². The van der Waals surface area contributed by atoms with Crippen LogP contribution in [0.25, 0.3) is 17.1 Å². The van der Waals surface area contributed by atoms with Gasteiger partial charge in [0.15, 0.2) is 5.65 Å². The third-order valence-electron chi connectivity index (χ3n) is 7.33. The molecular formula is C24H28ClN7. The molecule has 2 aromatic heterocycles. The number of hydrogen-bond acceptors (Lipinski definition) is 6. The van der Waals surface area contributed by atoms with Gasteiger partial charge < -0.3 is 15.1 Å². The highest BCUT2D eigenvalue weighted by molar-refractivity contribution is 6.30. The number of H-pyrrole nitrogens is 1. The molecule has 0 spiro atoms. The van der Waals surface area contributed by atoms with Crippen LogP contribution in [0.4, 0.5) is 11.5 Å². The quantitative estimate of drug-likeness (QED) is 0.635. The van der Waals surface area contributed by atoms with E-state index in [0.717, 1.165) is 78.7 Å². The van der Waals surface area contributed by atoms with Crippen LogP contribution in [0, 0.1) is 18.8 Å². The number of halogens is 1. The van der Waals surface area contributed by atoms with Crippen LogP contribution in [-0.4, -0.2) is 59.4 Å². The van der Waals surface area contributed by atoms with Crippen LogP contribution < -0.4 is 15.1 Å². The van der Waals surface area contributed by atoms with E-state index >= 15 is 0 Å². The van der Waals surface area contributed by atoms with Crippen LogP contribution in [0.1, 0.15) is 24.1 Å². The van der Waals surface area contributed by atoms with E-state index in [1.807, 2.05) is 6.07 Å². The molecule has 2 N–H and O–H groups in total. The SMILES string of the molecule is Cc1ccc(Cl)cc1N1CCN(c2ncnc3[nH]nc(C=C4C[C@H]5CNC[C@H]5C4)c23)CC1. The summed E-state index contributed by atoms with van der Waals surface area (Å²) in [6, 6.07) is 6.12. The molecule has 1 aliphatic carbocycles. The fourth-order valence-corrected chi connectivity index (χ4v) is 5.79. The normalized spacial score (nSPS) is 24.6. The molecule has 3 aromatic rings. The second kappa shape index (κ2) is 8.05. The Morgan fingerprint density at radius 1 is 1.03 bits per heavy atom. The molecule has 0 amide bonds. The lowest BCUT2D eigenvalue weighted by Gasteiger charge is -2.37. The molecule has 1 aromatic carbocycles. The van der Waals surface area contributed by atoms with Gasteiger partial charge in [0.1, 0.15) is 12.1 Å². The molecular weight excluding hydrogens is 422 g/mol. The first-order valence-electron chi connectivity index (χ1n) is 11.5. The van der Waals surface area contributed by atoms with Gasteiger partial charge in [-0.2, -0.15) is 5.10 Å². The van der Waals surface area contributed by atoms with Gasteiger partial charge in [-0.25, -0.2) is 9.97 Å². The Bertz CT molecular complexity index is 1160. The molecule has 8 heteroatoms. The fourth-order valence-electron chi connectivity index (χ4n) is 5.63. The second-order valence-corrected chi connectivity index (χ2v) is 9.76. The summed E-state index contributed by atoms with van der Waals surface area (Å²) in [4.78, 5) is 13.9. The van der Waals surface area contributed by atoms with E-state index < -0.39 is 0 Å². The number of nitrogens with one attached hydrogen (secondary N) is 2. The van der Waals surface area contributed by atoms with Crippen molar-refractivity contribution >= 4 is 40.2 Å². The van der Waals surface area contributed by atoms with E-state index in [0.29, 0.717) is 0 Å². The smallest absolute Gasteiger partial charge is 0.161 e. The third kappa shape index (κ3) is 3.53. The minimum absolute atomic E-state index is 0.783. The van der Waals surface area contributed by atoms with Gasteiger partial charge in [-0.1, -0.05) is 23.2 Å². The summed E-state index contributed by atoms with van der Waals surface area (Å²) in [5, 5.41) is 13.1. The Morgan fingerprint density at radius 3 is 2.56 bits per heavy atom. The molecule has 166 valence electrons. The minimum atomic E-state index is 0.783. The van der Waals surface area contributed by atoms with Gasteiger partial charge in [-0.05, 0) is 68.5 Å². The van der Waals surface area contributed by atoms with E-state index in [4.69, 9.17) is 16.6 Å². The second-order valence-electron chi connectivity index (χ2n) is 9.32. The van der Waals surface area contributed by atoms with Gasteiger partial charge in [0.25, 0.3) is 0 Å². The topological polar surface area (TPSA) is 73.0 Å². The Labute approximate surface area is 192 Å². The van der Waals surface area contributed by atoms with Gasteiger partial charge in [0.05, 0.1) is 11.1 Å². The lowest BCUT2D eigenvalue weighted by Crippen LogP contribution is -2.47. The fraction of sp³-hybridized carbons (Fsp3) is 0.458. The zero-order valence-electron chi connectivity index (χ0n) is 18.3. The van der Waals surface area contributed by atoms with Crippen LogP contribution in [0.3, 0.4) is 0 Å². The van der Waals surface area contributed by atoms with Gasteiger partial charge in [0, 0.05) is 36.9 Å².